The number of nitrogens with zero attached hydrogens (tertiary/aromatic N) is 1. The van der Waals surface area contributed by atoms with Gasteiger partial charge in [0.15, 0.2) is 5.13 Å². The second kappa shape index (κ2) is 7.51. The number of benzene rings is 2. The molecule has 0 bridgehead atoms. The molecule has 1 aliphatic rings. The van der Waals surface area contributed by atoms with Crippen molar-refractivity contribution in [2.24, 2.45) is 5.92 Å². The van der Waals surface area contributed by atoms with Gasteiger partial charge in [0.25, 0.3) is 0 Å². The van der Waals surface area contributed by atoms with Crippen molar-refractivity contribution in [1.82, 2.24) is 4.98 Å². The van der Waals surface area contributed by atoms with Crippen LogP contribution in [0.1, 0.15) is 39.3 Å². The third-order valence-corrected chi connectivity index (χ3v) is 6.23. The number of carbonyl (C=O) groups is 1. The van der Waals surface area contributed by atoms with Gasteiger partial charge in [-0.05, 0) is 51.1 Å². The van der Waals surface area contributed by atoms with Crippen LogP contribution in [0.15, 0.2) is 46.9 Å². The molecular weight excluding hydrogens is 468 g/mol. The maximum atomic E-state index is 13.2. The summed E-state index contributed by atoms with van der Waals surface area (Å²) >= 11 is 4.98. The molecule has 30 heavy (non-hydrogen) atoms. The van der Waals surface area contributed by atoms with E-state index in [-0.39, 0.29) is 0 Å². The fourth-order valence-electron chi connectivity index (χ4n) is 3.58. The van der Waals surface area contributed by atoms with Gasteiger partial charge in [-0.3, -0.25) is 4.79 Å². The van der Waals surface area contributed by atoms with Crippen molar-refractivity contribution in [3.8, 4) is 5.75 Å². The minimum atomic E-state index is -1.77. The van der Waals surface area contributed by atoms with Gasteiger partial charge in [-0.25, -0.2) is 4.98 Å². The Bertz CT molecular complexity index is 1070. The predicted octanol–water partition coefficient (Wildman–Crippen LogP) is 5.27. The molecule has 0 radical (unpaired) electrons. The van der Waals surface area contributed by atoms with E-state index in [0.29, 0.717) is 10.9 Å². The van der Waals surface area contributed by atoms with E-state index in [2.05, 4.69) is 26.2 Å². The Kier molecular flexibility index (Phi) is 5.28. The Balaban J connectivity index is 1.80. The summed E-state index contributed by atoms with van der Waals surface area (Å²) in [5.41, 5.74) is 0.906. The number of thiazole rings is 1. The van der Waals surface area contributed by atoms with Crippen molar-refractivity contribution >= 4 is 48.6 Å². The third-order valence-electron chi connectivity index (χ3n) is 4.77. The summed E-state index contributed by atoms with van der Waals surface area (Å²) in [4.78, 5) is 17.8. The van der Waals surface area contributed by atoms with E-state index in [1.165, 1.54) is 18.3 Å². The van der Waals surface area contributed by atoms with E-state index in [4.69, 9.17) is 9.47 Å². The summed E-state index contributed by atoms with van der Waals surface area (Å²) in [6, 6.07) is 12.7. The highest BCUT2D eigenvalue weighted by atomic mass is 79.9. The van der Waals surface area contributed by atoms with Crippen LogP contribution in [0.2, 0.25) is 0 Å². The molecule has 0 spiro atoms. The standard InChI is InChI=1S/C22H23BrN2O4S/c1-21(2,3)29-19(26)17-18(25-20-24-14-7-5-6-8-16(14)30-20)13-11-12(23)9-10-15(13)28-22(17,4)27/h5-11,17-18,27H,1-4H3,(H,24,25)/t17-,18-,22-/m1/s1. The summed E-state index contributed by atoms with van der Waals surface area (Å²) in [5, 5.41) is 15.1. The fourth-order valence-corrected chi connectivity index (χ4v) is 4.86. The second-order valence-corrected chi connectivity index (χ2v) is 10.4. The molecule has 2 N–H and O–H groups in total. The van der Waals surface area contributed by atoms with Crippen LogP contribution >= 0.6 is 27.3 Å². The number of esters is 1. The second-order valence-electron chi connectivity index (χ2n) is 8.46. The number of carbonyl (C=O) groups excluding carboxylic acids is 1. The van der Waals surface area contributed by atoms with E-state index >= 15 is 0 Å². The van der Waals surface area contributed by atoms with Crippen LogP contribution in [0.25, 0.3) is 10.2 Å². The number of ether oxygens (including phenoxy) is 2. The van der Waals surface area contributed by atoms with Gasteiger partial charge in [0.05, 0.1) is 16.3 Å². The molecule has 0 saturated heterocycles. The topological polar surface area (TPSA) is 80.7 Å². The molecule has 3 atom stereocenters. The van der Waals surface area contributed by atoms with E-state index < -0.39 is 29.3 Å². The zero-order chi connectivity index (χ0) is 21.7. The smallest absolute Gasteiger partial charge is 0.318 e. The molecule has 0 amide bonds. The minimum Gasteiger partial charge on any atom is -0.461 e. The van der Waals surface area contributed by atoms with Gasteiger partial charge in [-0.15, -0.1) is 0 Å². The molecule has 0 fully saturated rings. The van der Waals surface area contributed by atoms with Crippen molar-refractivity contribution in [3.63, 3.8) is 0 Å². The number of aliphatic hydroxyl groups is 1. The first-order valence-corrected chi connectivity index (χ1v) is 11.2. The lowest BCUT2D eigenvalue weighted by Gasteiger charge is -2.42. The van der Waals surface area contributed by atoms with E-state index in [0.717, 1.165) is 20.3 Å². The van der Waals surface area contributed by atoms with Crippen LogP contribution in [0.5, 0.6) is 5.75 Å². The van der Waals surface area contributed by atoms with Crippen molar-refractivity contribution in [2.45, 2.75) is 45.1 Å². The van der Waals surface area contributed by atoms with Crippen LogP contribution in [0.3, 0.4) is 0 Å². The third kappa shape index (κ3) is 4.17. The van der Waals surface area contributed by atoms with Crippen LogP contribution < -0.4 is 10.1 Å². The predicted molar refractivity (Wildman–Crippen MR) is 121 cm³/mol. The number of anilines is 1. The number of aromatic nitrogens is 1. The zero-order valence-corrected chi connectivity index (χ0v) is 19.5. The Morgan fingerprint density at radius 3 is 2.73 bits per heavy atom. The molecule has 0 unspecified atom stereocenters. The molecule has 2 heterocycles. The summed E-state index contributed by atoms with van der Waals surface area (Å²) in [6.07, 6.45) is 0. The summed E-state index contributed by atoms with van der Waals surface area (Å²) in [5.74, 6) is -2.82. The number of para-hydroxylation sites is 1. The Hall–Kier alpha value is -2.16. The quantitative estimate of drug-likeness (QED) is 0.486. The first-order valence-electron chi connectivity index (χ1n) is 9.59. The van der Waals surface area contributed by atoms with Crippen LogP contribution in [0, 0.1) is 5.92 Å². The van der Waals surface area contributed by atoms with Crippen LogP contribution in [0.4, 0.5) is 5.13 Å². The van der Waals surface area contributed by atoms with Crippen LogP contribution in [-0.4, -0.2) is 27.4 Å². The zero-order valence-electron chi connectivity index (χ0n) is 17.1. The van der Waals surface area contributed by atoms with E-state index in [9.17, 15) is 9.90 Å². The van der Waals surface area contributed by atoms with Gasteiger partial charge in [-0.2, -0.15) is 0 Å². The van der Waals surface area contributed by atoms with Crippen molar-refractivity contribution in [1.29, 1.82) is 0 Å². The van der Waals surface area contributed by atoms with Gasteiger partial charge in [0, 0.05) is 17.0 Å². The minimum absolute atomic E-state index is 0.501. The van der Waals surface area contributed by atoms with Crippen molar-refractivity contribution in [2.75, 3.05) is 5.32 Å². The molecule has 8 heteroatoms. The van der Waals surface area contributed by atoms with Crippen LogP contribution in [-0.2, 0) is 9.53 Å². The number of fused-ring (bicyclic) bond motifs is 2. The van der Waals surface area contributed by atoms with Crippen molar-refractivity contribution in [3.05, 3.63) is 52.5 Å². The monoisotopic (exact) mass is 490 g/mol. The molecule has 4 rings (SSSR count). The molecule has 6 nitrogen and oxygen atoms in total. The lowest BCUT2D eigenvalue weighted by molar-refractivity contribution is -0.206. The maximum absolute atomic E-state index is 13.2. The lowest BCUT2D eigenvalue weighted by Crippen LogP contribution is -2.53. The number of nitrogens with one attached hydrogen (secondary N) is 1. The van der Waals surface area contributed by atoms with Crippen molar-refractivity contribution < 1.29 is 19.4 Å². The average Bonchev–Trinajstić information content (AvgIpc) is 3.02. The normalized spacial score (nSPS) is 23.5. The number of rotatable bonds is 3. The molecule has 1 aliphatic heterocycles. The highest BCUT2D eigenvalue weighted by Crippen LogP contribution is 2.46. The molecule has 3 aromatic rings. The first-order chi connectivity index (χ1) is 14.0. The highest BCUT2D eigenvalue weighted by molar-refractivity contribution is 9.10. The summed E-state index contributed by atoms with van der Waals surface area (Å²) in [7, 11) is 0. The number of hydrogen-bond acceptors (Lipinski definition) is 7. The molecule has 2 aromatic carbocycles. The largest absolute Gasteiger partial charge is 0.461 e. The summed E-state index contributed by atoms with van der Waals surface area (Å²) in [6.45, 7) is 6.87. The van der Waals surface area contributed by atoms with Gasteiger partial charge in [0.2, 0.25) is 5.79 Å². The first kappa shape index (κ1) is 21.1. The van der Waals surface area contributed by atoms with E-state index in [1.807, 2.05) is 36.4 Å². The molecule has 158 valence electrons. The van der Waals surface area contributed by atoms with E-state index in [1.54, 1.807) is 26.8 Å². The number of halogens is 1. The van der Waals surface area contributed by atoms with Gasteiger partial charge in [0.1, 0.15) is 17.3 Å². The number of hydrogen-bond donors (Lipinski definition) is 2. The molecular formula is C22H23BrN2O4S. The average molecular weight is 491 g/mol. The molecule has 1 aromatic heterocycles. The Labute approximate surface area is 187 Å². The highest BCUT2D eigenvalue weighted by Gasteiger charge is 2.52. The lowest BCUT2D eigenvalue weighted by atomic mass is 9.83. The summed E-state index contributed by atoms with van der Waals surface area (Å²) < 4.78 is 13.3. The molecule has 0 saturated carbocycles. The van der Waals surface area contributed by atoms with Gasteiger partial charge in [-0.1, -0.05) is 39.4 Å². The maximum Gasteiger partial charge on any atom is 0.318 e. The SMILES string of the molecule is CC(C)(C)OC(=O)[C@H]1[C@H](Nc2nc3ccccc3s2)c2cc(Br)ccc2O[C@@]1(C)O. The Morgan fingerprint density at radius 1 is 1.30 bits per heavy atom. The Morgan fingerprint density at radius 2 is 2.03 bits per heavy atom. The molecule has 0 aliphatic carbocycles. The van der Waals surface area contributed by atoms with Gasteiger partial charge >= 0.3 is 5.97 Å². The fraction of sp³-hybridized carbons (Fsp3) is 0.364. The van der Waals surface area contributed by atoms with Gasteiger partial charge < -0.3 is 19.9 Å².